The molecule has 7 heteroatoms. The largest absolute Gasteiger partial charge is 0.535 e. The number of fused-ring (bicyclic) bond motifs is 1. The van der Waals surface area contributed by atoms with Crippen LogP contribution in [0.4, 0.5) is 0 Å². The molecule has 0 radical (unpaired) electrons. The first-order valence-corrected chi connectivity index (χ1v) is 6.61. The van der Waals surface area contributed by atoms with Crippen molar-refractivity contribution in [2.24, 2.45) is 0 Å². The second-order valence-corrected chi connectivity index (χ2v) is 4.97. The van der Waals surface area contributed by atoms with E-state index in [9.17, 15) is 14.6 Å². The number of nitrogens with zero attached hydrogens (tertiary/aromatic N) is 1. The molecule has 1 atom stereocenters. The summed E-state index contributed by atoms with van der Waals surface area (Å²) in [5.41, 5.74) is 0.666. The number of Topliss-reactive ketones (excluding diaryl/α,β-unsaturated/α-hetero) is 1. The smallest absolute Gasteiger partial charge is 0.526 e. The summed E-state index contributed by atoms with van der Waals surface area (Å²) in [7, 11) is -1.22. The fourth-order valence-corrected chi connectivity index (χ4v) is 2.42. The van der Waals surface area contributed by atoms with Crippen molar-refractivity contribution in [3.8, 4) is 11.8 Å². The number of aromatic carboxylic acids is 1. The van der Waals surface area contributed by atoms with Crippen LogP contribution in [0.2, 0.25) is 5.82 Å². The lowest BCUT2D eigenvalue weighted by atomic mass is 9.64. The van der Waals surface area contributed by atoms with Gasteiger partial charge < -0.3 is 14.8 Å². The van der Waals surface area contributed by atoms with E-state index in [0.717, 1.165) is 0 Å². The summed E-state index contributed by atoms with van der Waals surface area (Å²) in [6, 6.07) is 6.64. The third kappa shape index (κ3) is 3.41. The lowest BCUT2D eigenvalue weighted by molar-refractivity contribution is -0.119. The van der Waals surface area contributed by atoms with Gasteiger partial charge >= 0.3 is 13.1 Å². The van der Waals surface area contributed by atoms with E-state index in [2.05, 4.69) is 0 Å². The van der Waals surface area contributed by atoms with Crippen LogP contribution in [-0.2, 0) is 11.2 Å². The number of carbonyl (C=O) groups excluding carboxylic acids is 1. The van der Waals surface area contributed by atoms with Crippen LogP contribution < -0.4 is 4.65 Å². The number of rotatable bonds is 5. The van der Waals surface area contributed by atoms with Crippen LogP contribution in [-0.4, -0.2) is 29.0 Å². The minimum Gasteiger partial charge on any atom is -0.535 e. The maximum absolute atomic E-state index is 11.7. The van der Waals surface area contributed by atoms with Crippen molar-refractivity contribution in [2.75, 3.05) is 0 Å². The summed E-state index contributed by atoms with van der Waals surface area (Å²) in [4.78, 5) is 22.8. The fraction of sp³-hybridized carbons (Fsp3) is 0.357. The van der Waals surface area contributed by atoms with Crippen LogP contribution in [0.25, 0.3) is 0 Å². The van der Waals surface area contributed by atoms with Crippen LogP contribution in [0, 0.1) is 11.3 Å². The summed E-state index contributed by atoms with van der Waals surface area (Å²) in [5.74, 6) is -1.49. The molecule has 0 saturated carbocycles. The van der Waals surface area contributed by atoms with Crippen LogP contribution in [0.15, 0.2) is 18.2 Å². The molecule has 1 aromatic rings. The Balaban J connectivity index is 2.14. The summed E-state index contributed by atoms with van der Waals surface area (Å²) in [6.45, 7) is 0. The summed E-state index contributed by atoms with van der Waals surface area (Å²) >= 11 is 0. The van der Waals surface area contributed by atoms with Crippen molar-refractivity contribution >= 4 is 18.9 Å². The van der Waals surface area contributed by atoms with Crippen LogP contribution in [0.1, 0.15) is 35.2 Å². The molecule has 0 aromatic heterocycles. The Hall–Kier alpha value is -2.33. The number of hydrogen-bond donors (Lipinski definition) is 2. The number of carbonyl (C=O) groups is 2. The van der Waals surface area contributed by atoms with Crippen molar-refractivity contribution in [1.29, 1.82) is 5.26 Å². The molecule has 1 heterocycles. The van der Waals surface area contributed by atoms with Gasteiger partial charge in [-0.05, 0) is 18.1 Å². The fourth-order valence-electron chi connectivity index (χ4n) is 2.42. The predicted molar refractivity (Wildman–Crippen MR) is 73.9 cm³/mol. The first kappa shape index (κ1) is 15.1. The summed E-state index contributed by atoms with van der Waals surface area (Å²) in [5, 5.41) is 27.5. The molecule has 0 spiro atoms. The minimum absolute atomic E-state index is 0.000747. The molecule has 0 bridgehead atoms. The van der Waals surface area contributed by atoms with E-state index >= 15 is 0 Å². The number of benzene rings is 1. The normalized spacial score (nSPS) is 16.6. The molecule has 0 aliphatic carbocycles. The lowest BCUT2D eigenvalue weighted by Crippen LogP contribution is -2.35. The average molecular weight is 287 g/mol. The van der Waals surface area contributed by atoms with Crippen LogP contribution in [0.5, 0.6) is 5.75 Å². The van der Waals surface area contributed by atoms with E-state index < -0.39 is 18.9 Å². The lowest BCUT2D eigenvalue weighted by Gasteiger charge is -2.27. The number of carboxylic acid groups (broad SMARTS) is 1. The molecule has 2 N–H and O–H groups in total. The molecule has 0 unspecified atom stereocenters. The highest BCUT2D eigenvalue weighted by Crippen LogP contribution is 2.36. The van der Waals surface area contributed by atoms with Gasteiger partial charge in [-0.1, -0.05) is 12.1 Å². The SMILES string of the molecule is N#CCCC(=O)C[C@H]1Cc2cccc(C(=O)O)c2OB1O. The second kappa shape index (κ2) is 6.42. The van der Waals surface area contributed by atoms with Gasteiger partial charge in [0.1, 0.15) is 11.5 Å². The first-order chi connectivity index (χ1) is 10.0. The van der Waals surface area contributed by atoms with E-state index in [4.69, 9.17) is 15.0 Å². The Labute approximate surface area is 122 Å². The third-order valence-corrected chi connectivity index (χ3v) is 3.46. The maximum Gasteiger partial charge on any atom is 0.526 e. The van der Waals surface area contributed by atoms with Crippen molar-refractivity contribution in [3.05, 3.63) is 29.3 Å². The third-order valence-electron chi connectivity index (χ3n) is 3.46. The Morgan fingerprint density at radius 2 is 2.24 bits per heavy atom. The quantitative estimate of drug-likeness (QED) is 0.793. The summed E-state index contributed by atoms with van der Waals surface area (Å²) in [6.07, 6.45) is 0.791. The predicted octanol–water partition coefficient (Wildman–Crippen LogP) is 1.43. The van der Waals surface area contributed by atoms with Gasteiger partial charge in [0.25, 0.3) is 0 Å². The van der Waals surface area contributed by atoms with E-state index in [0.29, 0.717) is 12.0 Å². The molecule has 2 rings (SSSR count). The Kier molecular flexibility index (Phi) is 4.61. The molecule has 1 aliphatic rings. The van der Waals surface area contributed by atoms with Crippen molar-refractivity contribution in [1.82, 2.24) is 0 Å². The molecular formula is C14H14BNO5. The van der Waals surface area contributed by atoms with Gasteiger partial charge in [0.15, 0.2) is 0 Å². The molecular weight excluding hydrogens is 273 g/mol. The zero-order chi connectivity index (χ0) is 15.4. The highest BCUT2D eigenvalue weighted by Gasteiger charge is 2.37. The highest BCUT2D eigenvalue weighted by molar-refractivity contribution is 6.47. The first-order valence-electron chi connectivity index (χ1n) is 6.61. The van der Waals surface area contributed by atoms with Gasteiger partial charge in [-0.3, -0.25) is 4.79 Å². The van der Waals surface area contributed by atoms with Crippen LogP contribution in [0.3, 0.4) is 0 Å². The molecule has 1 aromatic carbocycles. The minimum atomic E-state index is -1.22. The van der Waals surface area contributed by atoms with Crippen LogP contribution >= 0.6 is 0 Å². The second-order valence-electron chi connectivity index (χ2n) is 4.97. The number of carboxylic acids is 1. The van der Waals surface area contributed by atoms with E-state index in [-0.39, 0.29) is 36.4 Å². The zero-order valence-electron chi connectivity index (χ0n) is 11.3. The molecule has 108 valence electrons. The number of nitriles is 1. The average Bonchev–Trinajstić information content (AvgIpc) is 2.45. The van der Waals surface area contributed by atoms with Crippen molar-refractivity contribution < 1.29 is 24.4 Å². The number of ketones is 1. The zero-order valence-corrected chi connectivity index (χ0v) is 11.3. The topological polar surface area (TPSA) is 108 Å². The van der Waals surface area contributed by atoms with E-state index in [1.165, 1.54) is 6.07 Å². The Morgan fingerprint density at radius 3 is 2.90 bits per heavy atom. The standard InChI is InChI=1S/C14H14BNO5/c16-6-2-4-11(17)8-10-7-9-3-1-5-12(14(18)19)13(9)21-15(10)20/h1,3,5,10,20H,2,4,7-8H2,(H,18,19)/t10-/m1/s1. The Morgan fingerprint density at radius 1 is 1.48 bits per heavy atom. The van der Waals surface area contributed by atoms with E-state index in [1.807, 2.05) is 6.07 Å². The molecule has 6 nitrogen and oxygen atoms in total. The molecule has 1 aliphatic heterocycles. The van der Waals surface area contributed by atoms with E-state index in [1.54, 1.807) is 12.1 Å². The summed E-state index contributed by atoms with van der Waals surface area (Å²) < 4.78 is 5.30. The van der Waals surface area contributed by atoms with Crippen molar-refractivity contribution in [2.45, 2.75) is 31.5 Å². The highest BCUT2D eigenvalue weighted by atomic mass is 16.5. The molecule has 0 saturated heterocycles. The Bertz CT molecular complexity index is 610. The maximum atomic E-state index is 11.7. The van der Waals surface area contributed by atoms with Gasteiger partial charge in [-0.25, -0.2) is 4.79 Å². The molecule has 0 amide bonds. The van der Waals surface area contributed by atoms with Crippen molar-refractivity contribution in [3.63, 3.8) is 0 Å². The van der Waals surface area contributed by atoms with Gasteiger partial charge in [0.05, 0.1) is 11.6 Å². The van der Waals surface area contributed by atoms with Gasteiger partial charge in [0.2, 0.25) is 0 Å². The monoisotopic (exact) mass is 287 g/mol. The number of hydrogen-bond acceptors (Lipinski definition) is 5. The molecule has 0 fully saturated rings. The van der Waals surface area contributed by atoms with Gasteiger partial charge in [-0.2, -0.15) is 5.26 Å². The van der Waals surface area contributed by atoms with Gasteiger partial charge in [-0.15, -0.1) is 0 Å². The number of para-hydroxylation sites is 1. The molecule has 21 heavy (non-hydrogen) atoms. The van der Waals surface area contributed by atoms with Gasteiger partial charge in [0, 0.05) is 25.1 Å².